The summed E-state index contributed by atoms with van der Waals surface area (Å²) >= 11 is 12.3. The maximum Gasteiger partial charge on any atom is 0.222 e. The van der Waals surface area contributed by atoms with Crippen molar-refractivity contribution in [2.24, 2.45) is 0 Å². The van der Waals surface area contributed by atoms with Crippen molar-refractivity contribution in [3.63, 3.8) is 0 Å². The fraction of sp³-hybridized carbons (Fsp3) is 0.200. The van der Waals surface area contributed by atoms with Crippen LogP contribution in [0.25, 0.3) is 0 Å². The molecule has 0 aliphatic carbocycles. The van der Waals surface area contributed by atoms with Crippen LogP contribution in [0.3, 0.4) is 0 Å². The molecule has 1 rings (SSSR count). The number of amides is 1. The van der Waals surface area contributed by atoms with Crippen LogP contribution in [0.1, 0.15) is 6.92 Å². The number of hydrogen-bond acceptors (Lipinski definition) is 3. The molecule has 1 aromatic rings. The van der Waals surface area contributed by atoms with Gasteiger partial charge in [0.1, 0.15) is 4.34 Å². The lowest BCUT2D eigenvalue weighted by molar-refractivity contribution is -0.114. The van der Waals surface area contributed by atoms with Gasteiger partial charge in [0.2, 0.25) is 5.91 Å². The van der Waals surface area contributed by atoms with E-state index in [0.717, 1.165) is 11.3 Å². The van der Waals surface area contributed by atoms with Crippen molar-refractivity contribution >= 4 is 46.3 Å². The molecule has 0 saturated heterocycles. The second kappa shape index (κ2) is 3.38. The van der Waals surface area contributed by atoms with Crippen molar-refractivity contribution in [2.75, 3.05) is 5.32 Å². The number of nitrogens with zero attached hydrogens (tertiary/aromatic N) is 1. The number of aromatic nitrogens is 1. The van der Waals surface area contributed by atoms with E-state index in [1.165, 1.54) is 6.92 Å². The fourth-order valence-corrected chi connectivity index (χ4v) is 1.74. The molecular formula is C5H4Cl2N2OS. The highest BCUT2D eigenvalue weighted by molar-refractivity contribution is 7.20. The first kappa shape index (κ1) is 8.77. The van der Waals surface area contributed by atoms with Crippen LogP contribution in [0.5, 0.6) is 0 Å². The topological polar surface area (TPSA) is 42.0 Å². The van der Waals surface area contributed by atoms with Gasteiger partial charge in [0.25, 0.3) is 0 Å². The zero-order valence-corrected chi connectivity index (χ0v) is 7.85. The number of thiazole rings is 1. The van der Waals surface area contributed by atoms with Crippen molar-refractivity contribution in [3.8, 4) is 0 Å². The predicted octanol–water partition coefficient (Wildman–Crippen LogP) is 2.41. The molecule has 0 unspecified atom stereocenters. The second-order valence-corrected chi connectivity index (χ2v) is 3.95. The normalized spacial score (nSPS) is 9.73. The smallest absolute Gasteiger partial charge is 0.222 e. The minimum atomic E-state index is -0.214. The molecular weight excluding hydrogens is 207 g/mol. The van der Waals surface area contributed by atoms with Gasteiger partial charge in [0, 0.05) is 6.92 Å². The first-order valence-corrected chi connectivity index (χ1v) is 4.26. The number of carbonyl (C=O) groups is 1. The van der Waals surface area contributed by atoms with E-state index in [4.69, 9.17) is 23.2 Å². The van der Waals surface area contributed by atoms with Gasteiger partial charge in [-0.1, -0.05) is 34.5 Å². The molecule has 60 valence electrons. The molecule has 0 bridgehead atoms. The summed E-state index contributed by atoms with van der Waals surface area (Å²) < 4.78 is 0.712. The van der Waals surface area contributed by atoms with Crippen LogP contribution in [0, 0.1) is 0 Å². The molecule has 1 heterocycles. The Bertz CT molecular complexity index is 286. The number of nitrogens with one attached hydrogen (secondary N) is 1. The Kier molecular flexibility index (Phi) is 2.70. The van der Waals surface area contributed by atoms with Crippen molar-refractivity contribution in [1.82, 2.24) is 4.98 Å². The molecule has 0 spiro atoms. The van der Waals surface area contributed by atoms with Crippen molar-refractivity contribution in [3.05, 3.63) is 8.80 Å². The van der Waals surface area contributed by atoms with E-state index in [9.17, 15) is 4.79 Å². The minimum Gasteiger partial charge on any atom is -0.309 e. The Morgan fingerprint density at radius 1 is 1.64 bits per heavy atom. The number of carbonyl (C=O) groups excluding carboxylic acids is 1. The Morgan fingerprint density at radius 2 is 2.27 bits per heavy atom. The van der Waals surface area contributed by atoms with Gasteiger partial charge in [-0.2, -0.15) is 0 Å². The summed E-state index contributed by atoms with van der Waals surface area (Å²) in [6.07, 6.45) is 0. The van der Waals surface area contributed by atoms with E-state index in [1.54, 1.807) is 0 Å². The Morgan fingerprint density at radius 3 is 2.64 bits per heavy atom. The van der Waals surface area contributed by atoms with E-state index in [0.29, 0.717) is 14.6 Å². The largest absolute Gasteiger partial charge is 0.309 e. The standard InChI is InChI=1S/C5H4Cl2N2OS/c1-2(10)8-4-3(6)11-5(7)9-4/h1H3,(H,8,10). The summed E-state index contributed by atoms with van der Waals surface area (Å²) in [5, 5.41) is 2.44. The summed E-state index contributed by atoms with van der Waals surface area (Å²) in [5.41, 5.74) is 0. The van der Waals surface area contributed by atoms with Gasteiger partial charge >= 0.3 is 0 Å². The molecule has 0 aromatic carbocycles. The van der Waals surface area contributed by atoms with Crippen molar-refractivity contribution in [2.45, 2.75) is 6.92 Å². The highest BCUT2D eigenvalue weighted by atomic mass is 35.5. The summed E-state index contributed by atoms with van der Waals surface area (Å²) in [7, 11) is 0. The lowest BCUT2D eigenvalue weighted by Crippen LogP contribution is -2.05. The highest BCUT2D eigenvalue weighted by Gasteiger charge is 2.07. The molecule has 6 heteroatoms. The maximum absolute atomic E-state index is 10.5. The fourth-order valence-electron chi connectivity index (χ4n) is 0.521. The molecule has 0 fully saturated rings. The Hall–Kier alpha value is -0.320. The number of rotatable bonds is 1. The van der Waals surface area contributed by atoms with E-state index >= 15 is 0 Å². The third-order valence-corrected chi connectivity index (χ3v) is 2.21. The lowest BCUT2D eigenvalue weighted by Gasteiger charge is -1.94. The molecule has 0 radical (unpaired) electrons. The third-order valence-electron chi connectivity index (χ3n) is 0.854. The molecule has 11 heavy (non-hydrogen) atoms. The van der Waals surface area contributed by atoms with Gasteiger partial charge in [-0.3, -0.25) is 4.79 Å². The molecule has 0 atom stereocenters. The van der Waals surface area contributed by atoms with Gasteiger partial charge in [-0.15, -0.1) is 0 Å². The van der Waals surface area contributed by atoms with Gasteiger partial charge in [0.15, 0.2) is 10.3 Å². The number of hydrogen-bond donors (Lipinski definition) is 1. The highest BCUT2D eigenvalue weighted by Crippen LogP contribution is 2.31. The first-order valence-electron chi connectivity index (χ1n) is 2.69. The average molecular weight is 211 g/mol. The molecule has 1 amide bonds. The zero-order chi connectivity index (χ0) is 8.43. The molecule has 1 aromatic heterocycles. The lowest BCUT2D eigenvalue weighted by atomic mass is 10.6. The summed E-state index contributed by atoms with van der Waals surface area (Å²) in [4.78, 5) is 14.3. The van der Waals surface area contributed by atoms with Crippen LogP contribution in [-0.4, -0.2) is 10.9 Å². The van der Waals surface area contributed by atoms with Crippen molar-refractivity contribution < 1.29 is 4.79 Å². The Labute approximate surface area is 77.3 Å². The Balaban J connectivity index is 2.85. The van der Waals surface area contributed by atoms with E-state index in [2.05, 4.69) is 10.3 Å². The van der Waals surface area contributed by atoms with Crippen LogP contribution in [0.2, 0.25) is 8.80 Å². The van der Waals surface area contributed by atoms with E-state index < -0.39 is 0 Å². The van der Waals surface area contributed by atoms with Gasteiger partial charge in [-0.05, 0) is 0 Å². The van der Waals surface area contributed by atoms with Crippen LogP contribution in [0.4, 0.5) is 5.82 Å². The molecule has 0 aliphatic rings. The summed E-state index contributed by atoms with van der Waals surface area (Å²) in [5.74, 6) is 0.114. The molecule has 0 saturated carbocycles. The van der Waals surface area contributed by atoms with Crippen LogP contribution < -0.4 is 5.32 Å². The number of halogens is 2. The summed E-state index contributed by atoms with van der Waals surface area (Å²) in [6.45, 7) is 1.38. The quantitative estimate of drug-likeness (QED) is 0.774. The second-order valence-electron chi connectivity index (χ2n) is 1.77. The van der Waals surface area contributed by atoms with E-state index in [-0.39, 0.29) is 5.91 Å². The summed E-state index contributed by atoms with van der Waals surface area (Å²) in [6, 6.07) is 0. The third kappa shape index (κ3) is 2.32. The maximum atomic E-state index is 10.5. The first-order chi connectivity index (χ1) is 5.09. The van der Waals surface area contributed by atoms with Gasteiger partial charge in [0.05, 0.1) is 0 Å². The monoisotopic (exact) mass is 210 g/mol. The predicted molar refractivity (Wildman–Crippen MR) is 46.4 cm³/mol. The van der Waals surface area contributed by atoms with Crippen LogP contribution in [-0.2, 0) is 4.79 Å². The van der Waals surface area contributed by atoms with Crippen LogP contribution >= 0.6 is 34.5 Å². The van der Waals surface area contributed by atoms with Gasteiger partial charge < -0.3 is 5.32 Å². The average Bonchev–Trinajstić information content (AvgIpc) is 2.09. The minimum absolute atomic E-state index is 0.214. The zero-order valence-electron chi connectivity index (χ0n) is 5.52. The van der Waals surface area contributed by atoms with Crippen LogP contribution in [0.15, 0.2) is 0 Å². The van der Waals surface area contributed by atoms with Crippen molar-refractivity contribution in [1.29, 1.82) is 0 Å². The molecule has 1 N–H and O–H groups in total. The SMILES string of the molecule is CC(=O)Nc1nc(Cl)sc1Cl. The number of anilines is 1. The van der Waals surface area contributed by atoms with Gasteiger partial charge in [-0.25, -0.2) is 4.98 Å². The van der Waals surface area contributed by atoms with E-state index in [1.807, 2.05) is 0 Å². The molecule has 0 aliphatic heterocycles. The molecule has 3 nitrogen and oxygen atoms in total.